The third kappa shape index (κ3) is 4.35. The SMILES string of the molecule is C=C(C)CN(CC)CC1(N)CCCCC1. The van der Waals surface area contributed by atoms with E-state index in [0.29, 0.717) is 0 Å². The summed E-state index contributed by atoms with van der Waals surface area (Å²) in [6.45, 7) is 11.4. The van der Waals surface area contributed by atoms with Gasteiger partial charge in [0.2, 0.25) is 0 Å². The van der Waals surface area contributed by atoms with Crippen molar-refractivity contribution in [3.8, 4) is 0 Å². The molecule has 0 atom stereocenters. The molecule has 0 aromatic heterocycles. The van der Waals surface area contributed by atoms with Gasteiger partial charge in [-0.3, -0.25) is 4.90 Å². The van der Waals surface area contributed by atoms with Crippen LogP contribution in [0.1, 0.15) is 46.0 Å². The first-order valence-electron chi connectivity index (χ1n) is 6.21. The first-order valence-corrected chi connectivity index (χ1v) is 6.21. The van der Waals surface area contributed by atoms with E-state index in [-0.39, 0.29) is 5.54 Å². The third-order valence-corrected chi connectivity index (χ3v) is 3.33. The summed E-state index contributed by atoms with van der Waals surface area (Å²) >= 11 is 0. The Kier molecular flexibility index (Phi) is 4.81. The van der Waals surface area contributed by atoms with E-state index in [1.807, 2.05) is 0 Å². The van der Waals surface area contributed by atoms with Crippen molar-refractivity contribution in [2.75, 3.05) is 19.6 Å². The molecule has 0 amide bonds. The van der Waals surface area contributed by atoms with Gasteiger partial charge in [-0.05, 0) is 26.3 Å². The fourth-order valence-electron chi connectivity index (χ4n) is 2.52. The van der Waals surface area contributed by atoms with Crippen LogP contribution in [0.5, 0.6) is 0 Å². The fourth-order valence-corrected chi connectivity index (χ4v) is 2.52. The summed E-state index contributed by atoms with van der Waals surface area (Å²) < 4.78 is 0. The van der Waals surface area contributed by atoms with E-state index in [1.165, 1.54) is 37.7 Å². The Hall–Kier alpha value is -0.340. The van der Waals surface area contributed by atoms with Gasteiger partial charge in [0, 0.05) is 18.6 Å². The Labute approximate surface area is 94.5 Å². The van der Waals surface area contributed by atoms with Crippen molar-refractivity contribution in [2.24, 2.45) is 5.73 Å². The summed E-state index contributed by atoms with van der Waals surface area (Å²) in [5.41, 5.74) is 7.75. The molecule has 1 aliphatic carbocycles. The van der Waals surface area contributed by atoms with Gasteiger partial charge >= 0.3 is 0 Å². The molecule has 0 spiro atoms. The first kappa shape index (κ1) is 12.7. The van der Waals surface area contributed by atoms with Crippen molar-refractivity contribution in [1.29, 1.82) is 0 Å². The van der Waals surface area contributed by atoms with E-state index in [1.54, 1.807) is 0 Å². The Morgan fingerprint density at radius 3 is 2.40 bits per heavy atom. The summed E-state index contributed by atoms with van der Waals surface area (Å²) in [6.07, 6.45) is 6.37. The Balaban J connectivity index is 2.45. The van der Waals surface area contributed by atoms with Crippen molar-refractivity contribution in [2.45, 2.75) is 51.5 Å². The normalized spacial score (nSPS) is 20.5. The summed E-state index contributed by atoms with van der Waals surface area (Å²) in [4.78, 5) is 2.42. The maximum absolute atomic E-state index is 6.44. The number of nitrogens with two attached hydrogens (primary N) is 1. The zero-order chi connectivity index (χ0) is 11.3. The second kappa shape index (κ2) is 5.66. The van der Waals surface area contributed by atoms with Crippen molar-refractivity contribution >= 4 is 0 Å². The minimum Gasteiger partial charge on any atom is -0.324 e. The highest BCUT2D eigenvalue weighted by Gasteiger charge is 2.28. The maximum atomic E-state index is 6.44. The Bertz CT molecular complexity index is 205. The van der Waals surface area contributed by atoms with Crippen LogP contribution in [0.2, 0.25) is 0 Å². The number of hydrogen-bond acceptors (Lipinski definition) is 2. The van der Waals surface area contributed by atoms with Crippen molar-refractivity contribution in [1.82, 2.24) is 4.90 Å². The molecule has 0 heterocycles. The average Bonchev–Trinajstić information content (AvgIpc) is 2.16. The van der Waals surface area contributed by atoms with E-state index in [4.69, 9.17) is 5.73 Å². The van der Waals surface area contributed by atoms with Gasteiger partial charge in [-0.2, -0.15) is 0 Å². The van der Waals surface area contributed by atoms with Crippen LogP contribution in [-0.2, 0) is 0 Å². The minimum absolute atomic E-state index is 0.0731. The van der Waals surface area contributed by atoms with E-state index >= 15 is 0 Å². The standard InChI is InChI=1S/C13H26N2/c1-4-15(10-12(2)3)11-13(14)8-6-5-7-9-13/h2,4-11,14H2,1,3H3. The molecule has 88 valence electrons. The molecule has 1 saturated carbocycles. The van der Waals surface area contributed by atoms with Crippen LogP contribution in [0.25, 0.3) is 0 Å². The zero-order valence-corrected chi connectivity index (χ0v) is 10.4. The molecule has 2 nitrogen and oxygen atoms in total. The number of nitrogens with zero attached hydrogens (tertiary/aromatic N) is 1. The third-order valence-electron chi connectivity index (χ3n) is 3.33. The molecule has 0 radical (unpaired) electrons. The maximum Gasteiger partial charge on any atom is 0.0283 e. The van der Waals surface area contributed by atoms with Crippen LogP contribution in [0.4, 0.5) is 0 Å². The van der Waals surface area contributed by atoms with Crippen LogP contribution in [-0.4, -0.2) is 30.1 Å². The van der Waals surface area contributed by atoms with Crippen molar-refractivity contribution in [3.63, 3.8) is 0 Å². The molecule has 0 unspecified atom stereocenters. The van der Waals surface area contributed by atoms with E-state index < -0.39 is 0 Å². The fraction of sp³-hybridized carbons (Fsp3) is 0.846. The predicted molar refractivity (Wildman–Crippen MR) is 66.9 cm³/mol. The monoisotopic (exact) mass is 210 g/mol. The van der Waals surface area contributed by atoms with Gasteiger partial charge < -0.3 is 5.73 Å². The van der Waals surface area contributed by atoms with Crippen molar-refractivity contribution < 1.29 is 0 Å². The number of likely N-dealkylation sites (N-methyl/N-ethyl adjacent to an activating group) is 1. The molecule has 15 heavy (non-hydrogen) atoms. The highest BCUT2D eigenvalue weighted by molar-refractivity contribution is 4.96. The van der Waals surface area contributed by atoms with Gasteiger partial charge in [-0.25, -0.2) is 0 Å². The van der Waals surface area contributed by atoms with E-state index in [0.717, 1.165) is 19.6 Å². The summed E-state index contributed by atoms with van der Waals surface area (Å²) in [5, 5.41) is 0. The van der Waals surface area contributed by atoms with Crippen LogP contribution in [0, 0.1) is 0 Å². The molecular weight excluding hydrogens is 184 g/mol. The lowest BCUT2D eigenvalue weighted by atomic mass is 9.82. The first-order chi connectivity index (χ1) is 7.06. The van der Waals surface area contributed by atoms with E-state index in [9.17, 15) is 0 Å². The zero-order valence-electron chi connectivity index (χ0n) is 10.4. The van der Waals surface area contributed by atoms with Gasteiger partial charge in [0.05, 0.1) is 0 Å². The molecule has 2 heteroatoms. The van der Waals surface area contributed by atoms with Crippen LogP contribution in [0.3, 0.4) is 0 Å². The molecule has 0 saturated heterocycles. The topological polar surface area (TPSA) is 29.3 Å². The number of rotatable bonds is 5. The van der Waals surface area contributed by atoms with Gasteiger partial charge in [0.15, 0.2) is 0 Å². The molecule has 2 N–H and O–H groups in total. The molecule has 0 aromatic carbocycles. The lowest BCUT2D eigenvalue weighted by molar-refractivity contribution is 0.188. The summed E-state index contributed by atoms with van der Waals surface area (Å²) in [6, 6.07) is 0. The average molecular weight is 210 g/mol. The second-order valence-corrected chi connectivity index (χ2v) is 5.18. The van der Waals surface area contributed by atoms with Crippen LogP contribution < -0.4 is 5.73 Å². The largest absolute Gasteiger partial charge is 0.324 e. The quantitative estimate of drug-likeness (QED) is 0.707. The summed E-state index contributed by atoms with van der Waals surface area (Å²) in [7, 11) is 0. The molecular formula is C13H26N2. The smallest absolute Gasteiger partial charge is 0.0283 e. The molecule has 0 aromatic rings. The molecule has 0 aliphatic heterocycles. The second-order valence-electron chi connectivity index (χ2n) is 5.18. The van der Waals surface area contributed by atoms with Gasteiger partial charge in [0.25, 0.3) is 0 Å². The lowest BCUT2D eigenvalue weighted by Crippen LogP contribution is -2.51. The van der Waals surface area contributed by atoms with Gasteiger partial charge in [-0.15, -0.1) is 0 Å². The molecule has 1 fully saturated rings. The van der Waals surface area contributed by atoms with Gasteiger partial charge in [-0.1, -0.05) is 38.3 Å². The van der Waals surface area contributed by atoms with Crippen LogP contribution in [0.15, 0.2) is 12.2 Å². The van der Waals surface area contributed by atoms with Crippen LogP contribution >= 0.6 is 0 Å². The van der Waals surface area contributed by atoms with Gasteiger partial charge in [0.1, 0.15) is 0 Å². The predicted octanol–water partition coefficient (Wildman–Crippen LogP) is 2.55. The Morgan fingerprint density at radius 1 is 1.33 bits per heavy atom. The molecule has 1 rings (SSSR count). The molecule has 1 aliphatic rings. The Morgan fingerprint density at radius 2 is 1.93 bits per heavy atom. The highest BCUT2D eigenvalue weighted by Crippen LogP contribution is 2.26. The number of hydrogen-bond donors (Lipinski definition) is 1. The van der Waals surface area contributed by atoms with Crippen molar-refractivity contribution in [3.05, 3.63) is 12.2 Å². The highest BCUT2D eigenvalue weighted by atomic mass is 15.1. The lowest BCUT2D eigenvalue weighted by Gasteiger charge is -2.38. The summed E-state index contributed by atoms with van der Waals surface area (Å²) in [5.74, 6) is 0. The minimum atomic E-state index is 0.0731. The van der Waals surface area contributed by atoms with E-state index in [2.05, 4.69) is 25.3 Å². The molecule has 0 bridgehead atoms.